The van der Waals surface area contributed by atoms with Crippen molar-refractivity contribution >= 4 is 0 Å². The van der Waals surface area contributed by atoms with Crippen molar-refractivity contribution in [2.75, 3.05) is 14.2 Å². The summed E-state index contributed by atoms with van der Waals surface area (Å²) < 4.78 is 30.6. The highest BCUT2D eigenvalue weighted by Crippen LogP contribution is 2.24. The Kier molecular flexibility index (Phi) is 3.38. The van der Waals surface area contributed by atoms with Gasteiger partial charge in [-0.3, -0.25) is 0 Å². The van der Waals surface area contributed by atoms with Crippen LogP contribution < -0.4 is 4.74 Å². The Morgan fingerprint density at radius 2 is 2.07 bits per heavy atom. The van der Waals surface area contributed by atoms with Crippen LogP contribution in [0.5, 0.6) is 5.75 Å². The third-order valence-electron chi connectivity index (χ3n) is 1.69. The number of rotatable bonds is 3. The van der Waals surface area contributed by atoms with E-state index in [1.54, 1.807) is 0 Å². The van der Waals surface area contributed by atoms with Crippen LogP contribution in [0.15, 0.2) is 12.1 Å². The fourth-order valence-corrected chi connectivity index (χ4v) is 1.21. The largest absolute Gasteiger partial charge is 0.493 e. The molecule has 1 N–H and O–H groups in total. The van der Waals surface area contributed by atoms with Crippen molar-refractivity contribution in [3.8, 4) is 5.75 Å². The minimum atomic E-state index is -0.774. The van der Waals surface area contributed by atoms with Crippen LogP contribution >= 0.6 is 0 Å². The van der Waals surface area contributed by atoms with E-state index in [2.05, 4.69) is 0 Å². The normalized spacial score (nSPS) is 10.7. The van der Waals surface area contributed by atoms with Crippen LogP contribution in [0.25, 0.3) is 0 Å². The van der Waals surface area contributed by atoms with Gasteiger partial charge in [0.05, 0.1) is 13.7 Å². The fourth-order valence-electron chi connectivity index (χ4n) is 1.21. The molecule has 0 spiro atoms. The SMILES string of the molecule is COc1c(F)cc(F)cc1CN(C)O. The van der Waals surface area contributed by atoms with Gasteiger partial charge in [0.2, 0.25) is 0 Å². The molecule has 0 unspecified atom stereocenters. The number of hydroxylamine groups is 2. The average molecular weight is 203 g/mol. The molecule has 0 fully saturated rings. The van der Waals surface area contributed by atoms with E-state index in [0.717, 1.165) is 17.2 Å². The molecule has 0 heterocycles. The number of halogens is 2. The Morgan fingerprint density at radius 1 is 1.43 bits per heavy atom. The minimum Gasteiger partial charge on any atom is -0.493 e. The molecule has 5 heteroatoms. The lowest BCUT2D eigenvalue weighted by Gasteiger charge is -2.12. The van der Waals surface area contributed by atoms with Crippen molar-refractivity contribution in [2.45, 2.75) is 6.54 Å². The molecule has 0 bridgehead atoms. The van der Waals surface area contributed by atoms with Gasteiger partial charge in [-0.05, 0) is 6.07 Å². The van der Waals surface area contributed by atoms with Crippen molar-refractivity contribution < 1.29 is 18.7 Å². The van der Waals surface area contributed by atoms with Gasteiger partial charge in [-0.1, -0.05) is 0 Å². The average Bonchev–Trinajstić information content (AvgIpc) is 2.01. The first-order valence-electron chi connectivity index (χ1n) is 3.96. The molecule has 1 rings (SSSR count). The molecule has 0 aliphatic carbocycles. The Hall–Kier alpha value is -1.20. The van der Waals surface area contributed by atoms with Crippen molar-refractivity contribution in [3.05, 3.63) is 29.3 Å². The maximum Gasteiger partial charge on any atom is 0.168 e. The molecule has 3 nitrogen and oxygen atoms in total. The lowest BCUT2D eigenvalue weighted by Crippen LogP contribution is -2.13. The zero-order valence-electron chi connectivity index (χ0n) is 7.92. The van der Waals surface area contributed by atoms with E-state index in [-0.39, 0.29) is 17.9 Å². The van der Waals surface area contributed by atoms with Crippen LogP contribution in [0.1, 0.15) is 5.56 Å². The smallest absolute Gasteiger partial charge is 0.168 e. The number of nitrogens with zero attached hydrogens (tertiary/aromatic N) is 1. The van der Waals surface area contributed by atoms with Gasteiger partial charge in [0, 0.05) is 18.7 Å². The van der Waals surface area contributed by atoms with Gasteiger partial charge in [-0.15, -0.1) is 0 Å². The zero-order chi connectivity index (χ0) is 10.7. The van der Waals surface area contributed by atoms with E-state index in [1.807, 2.05) is 0 Å². The van der Waals surface area contributed by atoms with Crippen molar-refractivity contribution in [2.24, 2.45) is 0 Å². The predicted octanol–water partition coefficient (Wildman–Crippen LogP) is 1.79. The third-order valence-corrected chi connectivity index (χ3v) is 1.69. The Bertz CT molecular complexity index is 329. The summed E-state index contributed by atoms with van der Waals surface area (Å²) in [5, 5.41) is 9.76. The molecule has 0 atom stereocenters. The van der Waals surface area contributed by atoms with Crippen molar-refractivity contribution in [1.29, 1.82) is 0 Å². The standard InChI is InChI=1S/C9H11F2NO2/c1-12(13)5-6-3-7(10)4-8(11)9(6)14-2/h3-4,13H,5H2,1-2H3. The molecular formula is C9H11F2NO2. The molecule has 0 saturated carbocycles. The van der Waals surface area contributed by atoms with Gasteiger partial charge >= 0.3 is 0 Å². The van der Waals surface area contributed by atoms with E-state index in [1.165, 1.54) is 14.2 Å². The number of hydrogen-bond acceptors (Lipinski definition) is 3. The van der Waals surface area contributed by atoms with Crippen LogP contribution in [-0.4, -0.2) is 24.4 Å². The molecule has 0 amide bonds. The number of hydrogen-bond donors (Lipinski definition) is 1. The van der Waals surface area contributed by atoms with Crippen LogP contribution in [0, 0.1) is 11.6 Å². The molecule has 1 aromatic rings. The Balaban J connectivity index is 3.11. The maximum absolute atomic E-state index is 13.1. The second kappa shape index (κ2) is 4.34. The highest BCUT2D eigenvalue weighted by atomic mass is 19.1. The van der Waals surface area contributed by atoms with Crippen molar-refractivity contribution in [1.82, 2.24) is 5.06 Å². The molecule has 0 saturated heterocycles. The minimum absolute atomic E-state index is 0.00213. The highest BCUT2D eigenvalue weighted by molar-refractivity contribution is 5.35. The number of benzene rings is 1. The van der Waals surface area contributed by atoms with Gasteiger partial charge in [-0.2, -0.15) is 5.06 Å². The molecule has 0 aliphatic rings. The van der Waals surface area contributed by atoms with E-state index >= 15 is 0 Å². The molecule has 0 aromatic heterocycles. The van der Waals surface area contributed by atoms with E-state index in [4.69, 9.17) is 9.94 Å². The summed E-state index contributed by atoms with van der Waals surface area (Å²) >= 11 is 0. The number of methoxy groups -OCH3 is 1. The quantitative estimate of drug-likeness (QED) is 0.760. The fraction of sp³-hybridized carbons (Fsp3) is 0.333. The first-order valence-corrected chi connectivity index (χ1v) is 3.96. The van der Waals surface area contributed by atoms with Gasteiger partial charge in [-0.25, -0.2) is 8.78 Å². The van der Waals surface area contributed by atoms with Gasteiger partial charge in [0.1, 0.15) is 5.82 Å². The lowest BCUT2D eigenvalue weighted by atomic mass is 10.2. The summed E-state index contributed by atoms with van der Waals surface area (Å²) in [5.41, 5.74) is 0.259. The molecule has 1 aromatic carbocycles. The first kappa shape index (κ1) is 10.9. The molecular weight excluding hydrogens is 192 g/mol. The first-order chi connectivity index (χ1) is 6.54. The molecule has 14 heavy (non-hydrogen) atoms. The molecule has 78 valence electrons. The zero-order valence-corrected chi connectivity index (χ0v) is 7.92. The summed E-state index contributed by atoms with van der Waals surface area (Å²) in [6.45, 7) is -0.00213. The lowest BCUT2D eigenvalue weighted by molar-refractivity contribution is -0.0736. The van der Waals surface area contributed by atoms with Gasteiger partial charge in [0.15, 0.2) is 11.6 Å². The van der Waals surface area contributed by atoms with E-state index in [9.17, 15) is 8.78 Å². The van der Waals surface area contributed by atoms with E-state index in [0.29, 0.717) is 0 Å². The van der Waals surface area contributed by atoms with E-state index < -0.39 is 11.6 Å². The Morgan fingerprint density at radius 3 is 2.57 bits per heavy atom. The second-order valence-corrected chi connectivity index (χ2v) is 2.90. The second-order valence-electron chi connectivity index (χ2n) is 2.90. The maximum atomic E-state index is 13.1. The summed E-state index contributed by atoms with van der Waals surface area (Å²) in [6, 6.07) is 1.86. The Labute approximate surface area is 80.5 Å². The highest BCUT2D eigenvalue weighted by Gasteiger charge is 2.12. The monoisotopic (exact) mass is 203 g/mol. The van der Waals surface area contributed by atoms with Crippen LogP contribution in [0.3, 0.4) is 0 Å². The topological polar surface area (TPSA) is 32.7 Å². The molecule has 0 aliphatic heterocycles. The van der Waals surface area contributed by atoms with Crippen LogP contribution in [0.4, 0.5) is 8.78 Å². The number of ether oxygens (including phenoxy) is 1. The van der Waals surface area contributed by atoms with Crippen LogP contribution in [-0.2, 0) is 6.54 Å². The molecule has 0 radical (unpaired) electrons. The summed E-state index contributed by atoms with van der Waals surface area (Å²) in [5.74, 6) is -1.52. The third kappa shape index (κ3) is 2.40. The van der Waals surface area contributed by atoms with Crippen molar-refractivity contribution in [3.63, 3.8) is 0 Å². The summed E-state index contributed by atoms with van der Waals surface area (Å²) in [4.78, 5) is 0. The van der Waals surface area contributed by atoms with Gasteiger partial charge < -0.3 is 9.94 Å². The van der Waals surface area contributed by atoms with Crippen LogP contribution in [0.2, 0.25) is 0 Å². The summed E-state index contributed by atoms with van der Waals surface area (Å²) in [7, 11) is 2.67. The predicted molar refractivity (Wildman–Crippen MR) is 46.2 cm³/mol. The summed E-state index contributed by atoms with van der Waals surface area (Å²) in [6.07, 6.45) is 0. The van der Waals surface area contributed by atoms with Gasteiger partial charge in [0.25, 0.3) is 0 Å².